The number of halogens is 2. The standard InChI is InChI=1S/C6H10F2O2S.Na/c7-6(8)3-1-5(2-4-6)11(9)10;/h5H,1-4H2,(H,9,10);/q;+1/p-1. The summed E-state index contributed by atoms with van der Waals surface area (Å²) in [5.74, 6) is -2.63. The van der Waals surface area contributed by atoms with Gasteiger partial charge in [-0.1, -0.05) is 11.1 Å². The van der Waals surface area contributed by atoms with Gasteiger partial charge in [-0.05, 0) is 12.8 Å². The van der Waals surface area contributed by atoms with Crippen molar-refractivity contribution in [2.75, 3.05) is 0 Å². The third-order valence-electron chi connectivity index (χ3n) is 1.94. The molecule has 1 aliphatic carbocycles. The number of hydrogen-bond acceptors (Lipinski definition) is 2. The fraction of sp³-hybridized carbons (Fsp3) is 1.00. The van der Waals surface area contributed by atoms with Crippen LogP contribution in [0.3, 0.4) is 0 Å². The van der Waals surface area contributed by atoms with Crippen LogP contribution in [0.25, 0.3) is 0 Å². The van der Waals surface area contributed by atoms with Crippen molar-refractivity contribution in [2.45, 2.75) is 36.9 Å². The summed E-state index contributed by atoms with van der Waals surface area (Å²) in [6, 6.07) is 0. The van der Waals surface area contributed by atoms with Crippen LogP contribution >= 0.6 is 0 Å². The largest absolute Gasteiger partial charge is 1.00 e. The molecule has 0 aliphatic heterocycles. The van der Waals surface area contributed by atoms with E-state index in [1.807, 2.05) is 0 Å². The van der Waals surface area contributed by atoms with Crippen LogP contribution in [0.5, 0.6) is 0 Å². The Kier molecular flexibility index (Phi) is 5.41. The summed E-state index contributed by atoms with van der Waals surface area (Å²) in [5.41, 5.74) is 0. The predicted molar refractivity (Wildman–Crippen MR) is 36.1 cm³/mol. The molecule has 0 spiro atoms. The molecule has 0 amide bonds. The van der Waals surface area contributed by atoms with Crippen LogP contribution in [-0.2, 0) is 11.1 Å². The molecule has 1 unspecified atom stereocenters. The first-order valence-electron chi connectivity index (χ1n) is 3.47. The van der Waals surface area contributed by atoms with Gasteiger partial charge in [-0.3, -0.25) is 4.21 Å². The van der Waals surface area contributed by atoms with Gasteiger partial charge in [-0.15, -0.1) is 0 Å². The van der Waals surface area contributed by atoms with E-state index in [1.54, 1.807) is 0 Å². The molecule has 1 aliphatic rings. The van der Waals surface area contributed by atoms with Gasteiger partial charge in [0, 0.05) is 18.1 Å². The Hall–Kier alpha value is 0.970. The van der Waals surface area contributed by atoms with Crippen LogP contribution in [-0.4, -0.2) is 19.9 Å². The molecule has 2 nitrogen and oxygen atoms in total. The zero-order chi connectivity index (χ0) is 8.48. The minimum atomic E-state index is -2.63. The zero-order valence-electron chi connectivity index (χ0n) is 6.89. The number of rotatable bonds is 1. The molecule has 0 radical (unpaired) electrons. The molecule has 0 aromatic carbocycles. The fourth-order valence-corrected chi connectivity index (χ4v) is 1.83. The second kappa shape index (κ2) is 5.00. The molecule has 1 rings (SSSR count). The van der Waals surface area contributed by atoms with Gasteiger partial charge < -0.3 is 4.55 Å². The van der Waals surface area contributed by atoms with Crippen molar-refractivity contribution < 1.29 is 47.1 Å². The third-order valence-corrected chi connectivity index (χ3v) is 2.95. The summed E-state index contributed by atoms with van der Waals surface area (Å²) in [7, 11) is 0. The Morgan fingerprint density at radius 3 is 2.08 bits per heavy atom. The number of hydrogen-bond donors (Lipinski definition) is 0. The van der Waals surface area contributed by atoms with Crippen molar-refractivity contribution in [1.29, 1.82) is 0 Å². The smallest absolute Gasteiger partial charge is 0.772 e. The first kappa shape index (κ1) is 13.0. The van der Waals surface area contributed by atoms with Crippen LogP contribution in [0.15, 0.2) is 0 Å². The Bertz CT molecular complexity index is 167. The molecule has 0 N–H and O–H groups in total. The Balaban J connectivity index is 0.00000121. The van der Waals surface area contributed by atoms with E-state index in [1.165, 1.54) is 0 Å². The molecule has 0 heterocycles. The van der Waals surface area contributed by atoms with Gasteiger partial charge in [0.25, 0.3) is 0 Å². The van der Waals surface area contributed by atoms with Crippen molar-refractivity contribution in [1.82, 2.24) is 0 Å². The quantitative estimate of drug-likeness (QED) is 0.385. The number of alkyl halides is 2. The average molecular weight is 206 g/mol. The molecule has 6 heteroatoms. The molecule has 12 heavy (non-hydrogen) atoms. The van der Waals surface area contributed by atoms with Crippen molar-refractivity contribution >= 4 is 11.1 Å². The summed E-state index contributed by atoms with van der Waals surface area (Å²) in [6.07, 6.45) is -0.372. The van der Waals surface area contributed by atoms with Gasteiger partial charge in [-0.25, -0.2) is 8.78 Å². The molecule has 0 bridgehead atoms. The molecule has 0 aromatic heterocycles. The van der Waals surface area contributed by atoms with Gasteiger partial charge in [0.2, 0.25) is 5.92 Å². The molecule has 0 aromatic rings. The monoisotopic (exact) mass is 206 g/mol. The summed E-state index contributed by atoms with van der Waals surface area (Å²) in [6.45, 7) is 0. The second-order valence-electron chi connectivity index (χ2n) is 2.82. The molecule has 1 fully saturated rings. The van der Waals surface area contributed by atoms with Crippen molar-refractivity contribution in [3.63, 3.8) is 0 Å². The van der Waals surface area contributed by atoms with Gasteiger partial charge >= 0.3 is 29.6 Å². The molecule has 0 saturated heterocycles. The molecular weight excluding hydrogens is 197 g/mol. The molecule has 1 atom stereocenters. The van der Waals surface area contributed by atoms with Gasteiger partial charge in [-0.2, -0.15) is 0 Å². The van der Waals surface area contributed by atoms with Crippen molar-refractivity contribution in [3.05, 3.63) is 0 Å². The van der Waals surface area contributed by atoms with E-state index in [-0.39, 0.29) is 55.2 Å². The molecule has 66 valence electrons. The zero-order valence-corrected chi connectivity index (χ0v) is 9.70. The van der Waals surface area contributed by atoms with Crippen molar-refractivity contribution in [3.8, 4) is 0 Å². The van der Waals surface area contributed by atoms with E-state index in [2.05, 4.69) is 0 Å². The molecule has 1 saturated carbocycles. The van der Waals surface area contributed by atoms with Crippen LogP contribution in [0.2, 0.25) is 0 Å². The third kappa shape index (κ3) is 3.79. The van der Waals surface area contributed by atoms with E-state index >= 15 is 0 Å². The summed E-state index contributed by atoms with van der Waals surface area (Å²) >= 11 is -2.17. The Morgan fingerprint density at radius 2 is 1.75 bits per heavy atom. The Labute approximate surface area is 94.7 Å². The average Bonchev–Trinajstić information content (AvgIpc) is 1.86. The Morgan fingerprint density at radius 1 is 1.33 bits per heavy atom. The first-order valence-corrected chi connectivity index (χ1v) is 4.61. The van der Waals surface area contributed by atoms with Crippen LogP contribution in [0.4, 0.5) is 8.78 Å². The maximum Gasteiger partial charge on any atom is 1.00 e. The summed E-state index contributed by atoms with van der Waals surface area (Å²) < 4.78 is 45.5. The van der Waals surface area contributed by atoms with Crippen molar-refractivity contribution in [2.24, 2.45) is 0 Å². The van der Waals surface area contributed by atoms with Crippen LogP contribution in [0.1, 0.15) is 25.7 Å². The van der Waals surface area contributed by atoms with Crippen LogP contribution in [0, 0.1) is 0 Å². The van der Waals surface area contributed by atoms with E-state index in [0.717, 1.165) is 0 Å². The van der Waals surface area contributed by atoms with E-state index < -0.39 is 22.3 Å². The molecular formula is C6H9F2NaO2S. The normalized spacial score (nSPS) is 25.9. The van der Waals surface area contributed by atoms with E-state index in [0.29, 0.717) is 0 Å². The minimum Gasteiger partial charge on any atom is -0.772 e. The predicted octanol–water partition coefficient (Wildman–Crippen LogP) is -1.55. The topological polar surface area (TPSA) is 40.1 Å². The van der Waals surface area contributed by atoms with Crippen LogP contribution < -0.4 is 29.6 Å². The minimum absolute atomic E-state index is 0. The summed E-state index contributed by atoms with van der Waals surface area (Å²) in [4.78, 5) is 0. The van der Waals surface area contributed by atoms with E-state index in [9.17, 15) is 17.5 Å². The van der Waals surface area contributed by atoms with Gasteiger partial charge in [0.05, 0.1) is 0 Å². The summed E-state index contributed by atoms with van der Waals surface area (Å²) in [5, 5.41) is -0.547. The maximum atomic E-state index is 12.4. The SMILES string of the molecule is O=S([O-])C1CCC(F)(F)CC1.[Na+]. The maximum absolute atomic E-state index is 12.4. The fourth-order valence-electron chi connectivity index (χ4n) is 1.21. The van der Waals surface area contributed by atoms with Gasteiger partial charge in [0.1, 0.15) is 0 Å². The van der Waals surface area contributed by atoms with E-state index in [4.69, 9.17) is 0 Å². The first-order chi connectivity index (χ1) is 5.01. The second-order valence-corrected chi connectivity index (χ2v) is 4.00. The van der Waals surface area contributed by atoms with Gasteiger partial charge in [0.15, 0.2) is 0 Å².